The number of fused-ring (bicyclic) bond motifs is 1. The highest BCUT2D eigenvalue weighted by Gasteiger charge is 2.35. The number of halogens is 4. The summed E-state index contributed by atoms with van der Waals surface area (Å²) >= 11 is 0. The molecule has 12 heteroatoms. The minimum atomic E-state index is -4.69. The molecule has 1 aliphatic heterocycles. The third-order valence-electron chi connectivity index (χ3n) is 6.70. The molecule has 1 amide bonds. The summed E-state index contributed by atoms with van der Waals surface area (Å²) in [6.45, 7) is 5.30. The van der Waals surface area contributed by atoms with Crippen LogP contribution in [0.4, 0.5) is 23.2 Å². The summed E-state index contributed by atoms with van der Waals surface area (Å²) in [6.07, 6.45) is 0.889. The Balaban J connectivity index is 1.57. The fraction of sp³-hybridized carbons (Fsp3) is 0.393. The van der Waals surface area contributed by atoms with Gasteiger partial charge < -0.3 is 20.3 Å². The minimum absolute atomic E-state index is 0.108. The highest BCUT2D eigenvalue weighted by molar-refractivity contribution is 6.01. The van der Waals surface area contributed by atoms with Gasteiger partial charge in [0.05, 0.1) is 47.9 Å². The van der Waals surface area contributed by atoms with Crippen molar-refractivity contribution in [2.45, 2.75) is 31.4 Å². The van der Waals surface area contributed by atoms with Crippen LogP contribution in [0, 0.1) is 0 Å². The number of ether oxygens (including phenoxy) is 1. The monoisotopic (exact) mass is 560 g/mol. The highest BCUT2D eigenvalue weighted by Crippen LogP contribution is 2.37. The second kappa shape index (κ2) is 12.6. The number of amides is 1. The van der Waals surface area contributed by atoms with Crippen LogP contribution in [0.15, 0.2) is 49.3 Å². The van der Waals surface area contributed by atoms with Gasteiger partial charge in [-0.2, -0.15) is 18.3 Å². The average Bonchev–Trinajstić information content (AvgIpc) is 3.39. The van der Waals surface area contributed by atoms with Crippen LogP contribution in [0.1, 0.15) is 28.2 Å². The molecular formula is C28H32F4N6O2. The number of piperidine rings is 1. The SMILES string of the molecule is C=C(c1nc(/C=C/CNC(=O)c2cnn(CCOC)c2)cc2c(N[C@@H]3CCN(C)C[C@@H]3F)cccc12)C(F)(F)F. The molecule has 0 radical (unpaired) electrons. The van der Waals surface area contributed by atoms with Gasteiger partial charge in [0.1, 0.15) is 6.17 Å². The molecule has 0 bridgehead atoms. The Bertz CT molecular complexity index is 1390. The topological polar surface area (TPSA) is 84.3 Å². The van der Waals surface area contributed by atoms with Gasteiger partial charge in [0.2, 0.25) is 0 Å². The van der Waals surface area contributed by atoms with Gasteiger partial charge in [-0.3, -0.25) is 9.48 Å². The lowest BCUT2D eigenvalue weighted by Crippen LogP contribution is -2.46. The summed E-state index contributed by atoms with van der Waals surface area (Å²) in [7, 11) is 3.42. The van der Waals surface area contributed by atoms with Gasteiger partial charge in [-0.05, 0) is 31.7 Å². The molecule has 3 heterocycles. The zero-order chi connectivity index (χ0) is 28.9. The van der Waals surface area contributed by atoms with Crippen LogP contribution < -0.4 is 10.6 Å². The smallest absolute Gasteiger partial charge is 0.383 e. The van der Waals surface area contributed by atoms with E-state index in [2.05, 4.69) is 27.3 Å². The van der Waals surface area contributed by atoms with Crippen molar-refractivity contribution in [1.29, 1.82) is 0 Å². The van der Waals surface area contributed by atoms with E-state index in [9.17, 15) is 22.4 Å². The maximum atomic E-state index is 14.7. The van der Waals surface area contributed by atoms with Crippen LogP contribution in [0.2, 0.25) is 0 Å². The second-order valence-electron chi connectivity index (χ2n) is 9.69. The fourth-order valence-corrected chi connectivity index (χ4v) is 4.51. The quantitative estimate of drug-likeness (QED) is 0.354. The predicted molar refractivity (Wildman–Crippen MR) is 147 cm³/mol. The molecule has 0 aliphatic carbocycles. The van der Waals surface area contributed by atoms with Crippen molar-refractivity contribution in [2.75, 3.05) is 45.7 Å². The van der Waals surface area contributed by atoms with Crippen LogP contribution in [-0.2, 0) is 11.3 Å². The summed E-state index contributed by atoms with van der Waals surface area (Å²) in [6, 6.07) is 6.04. The van der Waals surface area contributed by atoms with Crippen LogP contribution in [-0.4, -0.2) is 84.4 Å². The van der Waals surface area contributed by atoms with E-state index in [0.29, 0.717) is 42.8 Å². The lowest BCUT2D eigenvalue weighted by atomic mass is 9.99. The van der Waals surface area contributed by atoms with Gasteiger partial charge in [0.15, 0.2) is 0 Å². The zero-order valence-corrected chi connectivity index (χ0v) is 22.3. The molecular weight excluding hydrogens is 528 g/mol. The Kier molecular flexibility index (Phi) is 9.21. The molecule has 0 spiro atoms. The molecule has 2 N–H and O–H groups in total. The van der Waals surface area contributed by atoms with Gasteiger partial charge in [0, 0.05) is 49.4 Å². The molecule has 2 aromatic heterocycles. The van der Waals surface area contributed by atoms with Crippen LogP contribution in [0.25, 0.3) is 22.4 Å². The number of nitrogens with zero attached hydrogens (tertiary/aromatic N) is 4. The first kappa shape index (κ1) is 29.2. The van der Waals surface area contributed by atoms with Crippen LogP contribution >= 0.6 is 0 Å². The van der Waals surface area contributed by atoms with E-state index in [1.165, 1.54) is 12.3 Å². The Morgan fingerprint density at radius 1 is 1.30 bits per heavy atom. The van der Waals surface area contributed by atoms with E-state index >= 15 is 0 Å². The molecule has 0 saturated carbocycles. The third kappa shape index (κ3) is 7.05. The Morgan fingerprint density at radius 2 is 2.10 bits per heavy atom. The van der Waals surface area contributed by atoms with E-state index in [4.69, 9.17) is 4.74 Å². The van der Waals surface area contributed by atoms with E-state index in [-0.39, 0.29) is 35.8 Å². The number of methoxy groups -OCH3 is 1. The number of likely N-dealkylation sites (tertiary alicyclic amines) is 1. The molecule has 0 unspecified atom stereocenters. The third-order valence-corrected chi connectivity index (χ3v) is 6.70. The van der Waals surface area contributed by atoms with Crippen molar-refractivity contribution < 1.29 is 27.1 Å². The maximum absolute atomic E-state index is 14.7. The lowest BCUT2D eigenvalue weighted by Gasteiger charge is -2.33. The molecule has 1 aromatic carbocycles. The van der Waals surface area contributed by atoms with Crippen molar-refractivity contribution in [3.8, 4) is 0 Å². The zero-order valence-electron chi connectivity index (χ0n) is 22.3. The molecule has 2 atom stereocenters. The van der Waals surface area contributed by atoms with Crippen LogP contribution in [0.3, 0.4) is 0 Å². The molecule has 4 rings (SSSR count). The predicted octanol–water partition coefficient (Wildman–Crippen LogP) is 4.55. The van der Waals surface area contributed by atoms with Gasteiger partial charge in [0.25, 0.3) is 5.91 Å². The summed E-state index contributed by atoms with van der Waals surface area (Å²) in [5, 5.41) is 10.7. The Morgan fingerprint density at radius 3 is 2.83 bits per heavy atom. The molecule has 1 saturated heterocycles. The summed E-state index contributed by atoms with van der Waals surface area (Å²) in [5.74, 6) is -0.351. The number of nitrogens with one attached hydrogen (secondary N) is 2. The first-order valence-electron chi connectivity index (χ1n) is 12.8. The largest absolute Gasteiger partial charge is 0.417 e. The average molecular weight is 561 g/mol. The summed E-state index contributed by atoms with van der Waals surface area (Å²) in [4.78, 5) is 18.6. The number of rotatable bonds is 10. The van der Waals surface area contributed by atoms with E-state index in [1.54, 1.807) is 48.3 Å². The molecule has 40 heavy (non-hydrogen) atoms. The number of benzene rings is 1. The number of hydrogen-bond donors (Lipinski definition) is 2. The number of carbonyl (C=O) groups excluding carboxylic acids is 1. The number of anilines is 1. The van der Waals surface area contributed by atoms with Gasteiger partial charge in [-0.15, -0.1) is 0 Å². The molecule has 3 aromatic rings. The summed E-state index contributed by atoms with van der Waals surface area (Å²) in [5.41, 5.74) is -0.258. The van der Waals surface area contributed by atoms with E-state index < -0.39 is 24.0 Å². The number of alkyl halides is 4. The van der Waals surface area contributed by atoms with Crippen molar-refractivity contribution in [2.24, 2.45) is 0 Å². The fourth-order valence-electron chi connectivity index (χ4n) is 4.51. The minimum Gasteiger partial charge on any atom is -0.383 e. The lowest BCUT2D eigenvalue weighted by molar-refractivity contribution is -0.0688. The Labute approximate surface area is 229 Å². The summed E-state index contributed by atoms with van der Waals surface area (Å²) < 4.78 is 62.4. The van der Waals surface area contributed by atoms with E-state index in [1.807, 2.05) is 11.9 Å². The van der Waals surface area contributed by atoms with E-state index in [0.717, 1.165) is 0 Å². The van der Waals surface area contributed by atoms with Gasteiger partial charge in [-0.25, -0.2) is 9.37 Å². The van der Waals surface area contributed by atoms with Gasteiger partial charge >= 0.3 is 6.18 Å². The highest BCUT2D eigenvalue weighted by atomic mass is 19.4. The normalized spacial score (nSPS) is 18.4. The van der Waals surface area contributed by atoms with Crippen molar-refractivity contribution in [3.63, 3.8) is 0 Å². The standard InChI is InChI=1S/C28H32F4N6O2/c1-18(28(30,31)32)26-21-7-4-8-24(36-25-9-11-37(2)17-23(25)29)22(21)14-20(35-26)6-5-10-33-27(39)19-15-34-38(16-19)12-13-40-3/h4-8,14-16,23,25,36H,1,9-13,17H2,2-3H3,(H,33,39)/b6-5+/t23-,25+/m0/s1. The molecule has 1 fully saturated rings. The molecule has 1 aliphatic rings. The number of pyridine rings is 1. The second-order valence-corrected chi connectivity index (χ2v) is 9.69. The number of hydrogen-bond acceptors (Lipinski definition) is 6. The number of allylic oxidation sites excluding steroid dienone is 1. The first-order valence-corrected chi connectivity index (χ1v) is 12.8. The first-order chi connectivity index (χ1) is 19.1. The number of carbonyl (C=O) groups is 1. The Hall–Kier alpha value is -3.77. The van der Waals surface area contributed by atoms with Crippen molar-refractivity contribution in [3.05, 3.63) is 66.3 Å². The van der Waals surface area contributed by atoms with Crippen LogP contribution in [0.5, 0.6) is 0 Å². The molecule has 214 valence electrons. The number of aromatic nitrogens is 3. The van der Waals surface area contributed by atoms with Crippen molar-refractivity contribution in [1.82, 2.24) is 25.0 Å². The van der Waals surface area contributed by atoms with Gasteiger partial charge in [-0.1, -0.05) is 24.8 Å². The molecule has 8 nitrogen and oxygen atoms in total. The van der Waals surface area contributed by atoms with Crippen molar-refractivity contribution >= 4 is 34.0 Å². The maximum Gasteiger partial charge on any atom is 0.417 e.